The molecular formula is C11H23O4P. The predicted octanol–water partition coefficient (Wildman–Crippen LogP) is 2.79. The fraction of sp³-hybridized carbons (Fsp3) is 0.818. The molecule has 96 valence electrons. The van der Waals surface area contributed by atoms with Crippen LogP contribution in [0.2, 0.25) is 0 Å². The summed E-state index contributed by atoms with van der Waals surface area (Å²) >= 11 is 0. The molecule has 0 aliphatic heterocycles. The minimum Gasteiger partial charge on any atom is -0.396 e. The normalized spacial score (nSPS) is 12.4. The number of hydrogen-bond acceptors (Lipinski definition) is 2. The summed E-state index contributed by atoms with van der Waals surface area (Å²) in [7, 11) is -3.94. The molecule has 0 aromatic rings. The van der Waals surface area contributed by atoms with Gasteiger partial charge in [0, 0.05) is 12.4 Å². The van der Waals surface area contributed by atoms with Crippen LogP contribution in [0.15, 0.2) is 11.9 Å². The summed E-state index contributed by atoms with van der Waals surface area (Å²) in [6.45, 7) is 0.285. The quantitative estimate of drug-likeness (QED) is 0.411. The smallest absolute Gasteiger partial charge is 0.348 e. The zero-order valence-corrected chi connectivity index (χ0v) is 10.6. The van der Waals surface area contributed by atoms with Crippen molar-refractivity contribution in [3.8, 4) is 0 Å². The lowest BCUT2D eigenvalue weighted by Gasteiger charge is -1.99. The van der Waals surface area contributed by atoms with E-state index in [1.165, 1.54) is 12.8 Å². The molecule has 0 amide bonds. The Hall–Kier alpha value is -0.150. The molecule has 0 radical (unpaired) electrons. The molecule has 0 atom stereocenters. The first kappa shape index (κ1) is 15.9. The molecular weight excluding hydrogens is 227 g/mol. The molecule has 0 aliphatic rings. The maximum Gasteiger partial charge on any atom is 0.348 e. The third-order valence-corrected chi connectivity index (χ3v) is 2.93. The summed E-state index contributed by atoms with van der Waals surface area (Å²) in [6, 6.07) is 0. The van der Waals surface area contributed by atoms with Crippen LogP contribution >= 0.6 is 7.60 Å². The van der Waals surface area contributed by atoms with E-state index in [0.717, 1.165) is 44.3 Å². The molecule has 0 bridgehead atoms. The number of aliphatic hydroxyl groups excluding tert-OH is 1. The van der Waals surface area contributed by atoms with E-state index in [4.69, 9.17) is 14.9 Å². The molecule has 16 heavy (non-hydrogen) atoms. The molecule has 0 spiro atoms. The monoisotopic (exact) mass is 250 g/mol. The van der Waals surface area contributed by atoms with Crippen LogP contribution in [0.1, 0.15) is 51.4 Å². The van der Waals surface area contributed by atoms with E-state index in [1.807, 2.05) is 0 Å². The van der Waals surface area contributed by atoms with Crippen molar-refractivity contribution in [2.75, 3.05) is 6.61 Å². The Morgan fingerprint density at radius 1 is 0.875 bits per heavy atom. The minimum atomic E-state index is -3.94. The Morgan fingerprint density at radius 3 is 1.88 bits per heavy atom. The topological polar surface area (TPSA) is 77.8 Å². The molecule has 0 unspecified atom stereocenters. The first-order chi connectivity index (χ1) is 7.56. The first-order valence-corrected chi connectivity index (χ1v) is 7.58. The van der Waals surface area contributed by atoms with Crippen molar-refractivity contribution in [3.05, 3.63) is 11.9 Å². The number of hydrogen-bond donors (Lipinski definition) is 3. The van der Waals surface area contributed by atoms with E-state index >= 15 is 0 Å². The zero-order valence-electron chi connectivity index (χ0n) is 9.72. The number of unbranched alkanes of at least 4 members (excludes halogenated alkanes) is 7. The predicted molar refractivity (Wildman–Crippen MR) is 65.2 cm³/mol. The van der Waals surface area contributed by atoms with E-state index < -0.39 is 7.60 Å². The lowest BCUT2D eigenvalue weighted by molar-refractivity contribution is 0.282. The first-order valence-electron chi connectivity index (χ1n) is 5.90. The third kappa shape index (κ3) is 13.8. The van der Waals surface area contributed by atoms with E-state index in [9.17, 15) is 4.57 Å². The van der Waals surface area contributed by atoms with Crippen LogP contribution in [0.3, 0.4) is 0 Å². The van der Waals surface area contributed by atoms with Crippen molar-refractivity contribution in [2.45, 2.75) is 51.4 Å². The van der Waals surface area contributed by atoms with Crippen molar-refractivity contribution in [1.29, 1.82) is 0 Å². The molecule has 4 nitrogen and oxygen atoms in total. The standard InChI is InChI=1S/C11H23O4P/c12-10-8-6-4-2-1-3-5-7-9-11-16(13,14)15/h9,11-12H,1-8,10H2,(H2,13,14,15). The number of aliphatic hydroxyl groups is 1. The second-order valence-electron chi connectivity index (χ2n) is 3.96. The van der Waals surface area contributed by atoms with Crippen LogP contribution in [-0.4, -0.2) is 21.5 Å². The molecule has 0 aromatic heterocycles. The van der Waals surface area contributed by atoms with Gasteiger partial charge in [0.25, 0.3) is 0 Å². The lowest BCUT2D eigenvalue weighted by atomic mass is 10.1. The highest BCUT2D eigenvalue weighted by Gasteiger charge is 2.03. The van der Waals surface area contributed by atoms with Gasteiger partial charge >= 0.3 is 7.60 Å². The molecule has 0 heterocycles. The van der Waals surface area contributed by atoms with Gasteiger partial charge in [-0.25, -0.2) is 0 Å². The average molecular weight is 250 g/mol. The maximum atomic E-state index is 10.5. The van der Waals surface area contributed by atoms with Gasteiger partial charge in [-0.2, -0.15) is 0 Å². The van der Waals surface area contributed by atoms with Gasteiger partial charge in [0.05, 0.1) is 0 Å². The van der Waals surface area contributed by atoms with Gasteiger partial charge in [-0.3, -0.25) is 4.57 Å². The van der Waals surface area contributed by atoms with Crippen molar-refractivity contribution in [3.63, 3.8) is 0 Å². The highest BCUT2D eigenvalue weighted by Crippen LogP contribution is 2.36. The van der Waals surface area contributed by atoms with Gasteiger partial charge in [0.1, 0.15) is 0 Å². The molecule has 0 rings (SSSR count). The minimum absolute atomic E-state index is 0.285. The molecule has 0 saturated carbocycles. The zero-order chi connectivity index (χ0) is 12.3. The van der Waals surface area contributed by atoms with Gasteiger partial charge in [-0.05, 0) is 19.3 Å². The van der Waals surface area contributed by atoms with Crippen LogP contribution in [0.5, 0.6) is 0 Å². The third-order valence-electron chi connectivity index (χ3n) is 2.33. The maximum absolute atomic E-state index is 10.5. The van der Waals surface area contributed by atoms with Crippen molar-refractivity contribution in [2.24, 2.45) is 0 Å². The SMILES string of the molecule is O=P(O)(O)C=CCCCCCCCCCO. The highest BCUT2D eigenvalue weighted by molar-refractivity contribution is 7.55. The second kappa shape index (κ2) is 10.0. The molecule has 0 saturated heterocycles. The Balaban J connectivity index is 3.16. The Kier molecular flexibility index (Phi) is 9.94. The lowest BCUT2D eigenvalue weighted by Crippen LogP contribution is -1.83. The van der Waals surface area contributed by atoms with Crippen LogP contribution in [0.25, 0.3) is 0 Å². The Bertz CT molecular complexity index is 222. The van der Waals surface area contributed by atoms with Gasteiger partial charge in [0.2, 0.25) is 0 Å². The van der Waals surface area contributed by atoms with Crippen LogP contribution in [0, 0.1) is 0 Å². The summed E-state index contributed by atoms with van der Waals surface area (Å²) in [5, 5.41) is 8.56. The molecule has 0 fully saturated rings. The fourth-order valence-corrected chi connectivity index (χ4v) is 1.89. The van der Waals surface area contributed by atoms with Crippen molar-refractivity contribution < 1.29 is 19.5 Å². The molecule has 3 N–H and O–H groups in total. The summed E-state index contributed by atoms with van der Waals surface area (Å²) in [4.78, 5) is 17.1. The average Bonchev–Trinajstić information content (AvgIpc) is 2.19. The number of rotatable bonds is 10. The van der Waals surface area contributed by atoms with E-state index in [-0.39, 0.29) is 6.61 Å². The summed E-state index contributed by atoms with van der Waals surface area (Å²) in [5.41, 5.74) is 0. The summed E-state index contributed by atoms with van der Waals surface area (Å²) < 4.78 is 10.5. The highest BCUT2D eigenvalue weighted by atomic mass is 31.2. The van der Waals surface area contributed by atoms with Crippen LogP contribution in [-0.2, 0) is 4.57 Å². The molecule has 0 aliphatic carbocycles. The summed E-state index contributed by atoms with van der Waals surface area (Å²) in [5.74, 6) is 0.980. The number of allylic oxidation sites excluding steroid dienone is 1. The van der Waals surface area contributed by atoms with Gasteiger partial charge in [0.15, 0.2) is 0 Å². The fourth-order valence-electron chi connectivity index (χ4n) is 1.47. The van der Waals surface area contributed by atoms with Gasteiger partial charge < -0.3 is 14.9 Å². The van der Waals surface area contributed by atoms with Crippen molar-refractivity contribution in [1.82, 2.24) is 0 Å². The Morgan fingerprint density at radius 2 is 1.38 bits per heavy atom. The van der Waals surface area contributed by atoms with E-state index in [2.05, 4.69) is 0 Å². The van der Waals surface area contributed by atoms with E-state index in [1.54, 1.807) is 6.08 Å². The van der Waals surface area contributed by atoms with Gasteiger partial charge in [-0.1, -0.05) is 38.2 Å². The molecule has 5 heteroatoms. The molecule has 0 aromatic carbocycles. The largest absolute Gasteiger partial charge is 0.396 e. The van der Waals surface area contributed by atoms with Crippen molar-refractivity contribution >= 4 is 7.60 Å². The van der Waals surface area contributed by atoms with Crippen LogP contribution < -0.4 is 0 Å². The summed E-state index contributed by atoms with van der Waals surface area (Å²) in [6.07, 6.45) is 9.88. The van der Waals surface area contributed by atoms with Gasteiger partial charge in [-0.15, -0.1) is 0 Å². The van der Waals surface area contributed by atoms with Crippen LogP contribution in [0.4, 0.5) is 0 Å². The van der Waals surface area contributed by atoms with E-state index in [0.29, 0.717) is 0 Å². The second-order valence-corrected chi connectivity index (χ2v) is 5.44. The Labute approximate surface area is 97.5 Å².